The third-order valence-electron chi connectivity index (χ3n) is 5.97. The molecular formula is C23H33Cl2FN2O3S. The van der Waals surface area contributed by atoms with E-state index in [9.17, 15) is 14.0 Å². The van der Waals surface area contributed by atoms with E-state index in [-0.39, 0.29) is 60.2 Å². The average Bonchev–Trinajstić information content (AvgIpc) is 3.53. The molecule has 0 aromatic heterocycles. The standard InChI is InChI=1S/C23H31FN2O3S.2ClH/c1-15(2)25(14-21(27)28)11-9-17-13-26(12-10-20(17)30)22(23(29)16-7-8-16)18-5-3-4-6-19(18)24;;/h3-6,9,15-16,20,22,30H,7-8,10-14H2,1-2H3,(H,27,28);2*1H. The third-order valence-corrected chi connectivity index (χ3v) is 6.56. The molecule has 0 bridgehead atoms. The van der Waals surface area contributed by atoms with Crippen molar-refractivity contribution in [3.05, 3.63) is 47.3 Å². The predicted octanol–water partition coefficient (Wildman–Crippen LogP) is 4.42. The van der Waals surface area contributed by atoms with E-state index in [2.05, 4.69) is 4.90 Å². The molecule has 3 rings (SSSR count). The van der Waals surface area contributed by atoms with Crippen LogP contribution >= 0.6 is 37.4 Å². The summed E-state index contributed by atoms with van der Waals surface area (Å²) in [7, 11) is 0. The molecule has 1 saturated heterocycles. The van der Waals surface area contributed by atoms with Crippen LogP contribution < -0.4 is 0 Å². The van der Waals surface area contributed by atoms with Crippen LogP contribution in [-0.2, 0) is 9.59 Å². The zero-order valence-electron chi connectivity index (χ0n) is 18.4. The van der Waals surface area contributed by atoms with Crippen LogP contribution in [0.4, 0.5) is 4.39 Å². The molecule has 1 N–H and O–H groups in total. The second kappa shape index (κ2) is 12.9. The lowest BCUT2D eigenvalue weighted by molar-refractivity contribution is -0.138. The summed E-state index contributed by atoms with van der Waals surface area (Å²) in [6.07, 6.45) is 4.56. The Morgan fingerprint density at radius 1 is 1.25 bits per heavy atom. The van der Waals surface area contributed by atoms with Gasteiger partial charge in [0.1, 0.15) is 5.82 Å². The van der Waals surface area contributed by atoms with E-state index in [0.29, 0.717) is 25.2 Å². The van der Waals surface area contributed by atoms with Gasteiger partial charge in [-0.3, -0.25) is 19.4 Å². The number of hydrogen-bond donors (Lipinski definition) is 2. The normalized spacial score (nSPS) is 21.2. The third kappa shape index (κ3) is 7.45. The van der Waals surface area contributed by atoms with Crippen molar-refractivity contribution in [3.8, 4) is 0 Å². The fraction of sp³-hybridized carbons (Fsp3) is 0.565. The number of ketones is 1. The number of carbonyl (C=O) groups is 2. The number of likely N-dealkylation sites (tertiary alicyclic amines) is 1. The summed E-state index contributed by atoms with van der Waals surface area (Å²) in [5.74, 6) is -1.07. The van der Waals surface area contributed by atoms with Crippen molar-refractivity contribution in [2.24, 2.45) is 5.92 Å². The fourth-order valence-corrected chi connectivity index (χ4v) is 4.30. The molecule has 5 nitrogen and oxygen atoms in total. The number of hydrogen-bond acceptors (Lipinski definition) is 5. The number of rotatable bonds is 9. The Morgan fingerprint density at radius 3 is 2.47 bits per heavy atom. The number of nitrogens with zero attached hydrogens (tertiary/aromatic N) is 2. The highest BCUT2D eigenvalue weighted by Crippen LogP contribution is 2.39. The number of piperidine rings is 1. The van der Waals surface area contributed by atoms with Crippen molar-refractivity contribution in [1.29, 1.82) is 0 Å². The Bertz CT molecular complexity index is 820. The van der Waals surface area contributed by atoms with Gasteiger partial charge in [-0.1, -0.05) is 24.3 Å². The van der Waals surface area contributed by atoms with Crippen molar-refractivity contribution in [1.82, 2.24) is 9.80 Å². The zero-order valence-corrected chi connectivity index (χ0v) is 21.0. The number of carbonyl (C=O) groups excluding carboxylic acids is 1. The Hall–Kier alpha value is -1.12. The van der Waals surface area contributed by atoms with Gasteiger partial charge in [-0.15, -0.1) is 24.8 Å². The Balaban J connectivity index is 0.00000256. The number of aliphatic carboxylic acids is 1. The number of halogens is 3. The lowest BCUT2D eigenvalue weighted by atomic mass is 9.93. The molecular weight excluding hydrogens is 474 g/mol. The highest BCUT2D eigenvalue weighted by atomic mass is 35.5. The summed E-state index contributed by atoms with van der Waals surface area (Å²) in [5.41, 5.74) is 1.51. The van der Waals surface area contributed by atoms with Crippen molar-refractivity contribution < 1.29 is 19.1 Å². The van der Waals surface area contributed by atoms with E-state index in [1.165, 1.54) is 6.07 Å². The summed E-state index contributed by atoms with van der Waals surface area (Å²) in [4.78, 5) is 28.2. The molecule has 2 unspecified atom stereocenters. The first-order valence-corrected chi connectivity index (χ1v) is 11.1. The van der Waals surface area contributed by atoms with E-state index < -0.39 is 12.0 Å². The Labute approximate surface area is 207 Å². The smallest absolute Gasteiger partial charge is 0.317 e. The van der Waals surface area contributed by atoms with Crippen molar-refractivity contribution in [2.45, 2.75) is 50.4 Å². The molecule has 180 valence electrons. The predicted molar refractivity (Wildman–Crippen MR) is 133 cm³/mol. The van der Waals surface area contributed by atoms with Gasteiger partial charge in [0.25, 0.3) is 0 Å². The van der Waals surface area contributed by atoms with Gasteiger partial charge in [-0.25, -0.2) is 4.39 Å². The van der Waals surface area contributed by atoms with Crippen molar-refractivity contribution >= 4 is 49.2 Å². The average molecular weight is 507 g/mol. The molecule has 1 aliphatic carbocycles. The number of benzene rings is 1. The van der Waals surface area contributed by atoms with E-state index in [0.717, 1.165) is 24.8 Å². The second-order valence-corrected chi connectivity index (χ2v) is 9.19. The minimum absolute atomic E-state index is 0. The quantitative estimate of drug-likeness (QED) is 0.383. The summed E-state index contributed by atoms with van der Waals surface area (Å²) in [5, 5.41) is 9.20. The number of carboxylic acids is 1. The van der Waals surface area contributed by atoms with Gasteiger partial charge in [-0.2, -0.15) is 12.6 Å². The Kier molecular flexibility index (Phi) is 11.7. The van der Waals surface area contributed by atoms with Gasteiger partial charge >= 0.3 is 5.97 Å². The number of thiol groups is 1. The summed E-state index contributed by atoms with van der Waals surface area (Å²) in [6.45, 7) is 5.62. The minimum atomic E-state index is -0.857. The number of Topliss-reactive ketones (excluding diaryl/α,β-unsaturated/α-hetero) is 1. The van der Waals surface area contributed by atoms with Crippen LogP contribution in [0.15, 0.2) is 35.9 Å². The van der Waals surface area contributed by atoms with Crippen molar-refractivity contribution in [2.75, 3.05) is 26.2 Å². The molecule has 2 atom stereocenters. The van der Waals surface area contributed by atoms with Gasteiger partial charge in [0.15, 0.2) is 5.78 Å². The lowest BCUT2D eigenvalue weighted by Crippen LogP contribution is -2.43. The largest absolute Gasteiger partial charge is 0.480 e. The lowest BCUT2D eigenvalue weighted by Gasteiger charge is -2.38. The zero-order chi connectivity index (χ0) is 21.8. The van der Waals surface area contributed by atoms with Crippen LogP contribution in [0.3, 0.4) is 0 Å². The first-order chi connectivity index (χ1) is 14.3. The number of carboxylic acid groups (broad SMARTS) is 1. The molecule has 1 saturated carbocycles. The molecule has 9 heteroatoms. The summed E-state index contributed by atoms with van der Waals surface area (Å²) >= 11 is 4.71. The minimum Gasteiger partial charge on any atom is -0.480 e. The maximum Gasteiger partial charge on any atom is 0.317 e. The van der Waals surface area contributed by atoms with Crippen molar-refractivity contribution in [3.63, 3.8) is 0 Å². The molecule has 1 heterocycles. The topological polar surface area (TPSA) is 60.9 Å². The molecule has 0 amide bonds. The fourth-order valence-electron chi connectivity index (χ4n) is 4.00. The van der Waals surface area contributed by atoms with Crippen LogP contribution in [0.5, 0.6) is 0 Å². The van der Waals surface area contributed by atoms with Gasteiger partial charge in [0, 0.05) is 42.4 Å². The summed E-state index contributed by atoms with van der Waals surface area (Å²) in [6, 6.07) is 6.06. The highest BCUT2D eigenvalue weighted by molar-refractivity contribution is 7.81. The van der Waals surface area contributed by atoms with Crippen LogP contribution in [-0.4, -0.2) is 64.1 Å². The molecule has 0 radical (unpaired) electrons. The highest BCUT2D eigenvalue weighted by Gasteiger charge is 2.40. The summed E-state index contributed by atoms with van der Waals surface area (Å²) < 4.78 is 14.6. The van der Waals surface area contributed by atoms with E-state index in [1.54, 1.807) is 18.2 Å². The van der Waals surface area contributed by atoms with Crippen LogP contribution in [0.1, 0.15) is 44.7 Å². The monoisotopic (exact) mass is 506 g/mol. The first-order valence-electron chi connectivity index (χ1n) is 10.6. The van der Waals surface area contributed by atoms with E-state index in [1.807, 2.05) is 24.8 Å². The van der Waals surface area contributed by atoms with Gasteiger partial charge in [0.05, 0.1) is 12.6 Å². The molecule has 1 aromatic rings. The van der Waals surface area contributed by atoms with E-state index >= 15 is 0 Å². The van der Waals surface area contributed by atoms with Crippen LogP contribution in [0.2, 0.25) is 0 Å². The maximum atomic E-state index is 14.6. The Morgan fingerprint density at radius 2 is 1.91 bits per heavy atom. The van der Waals surface area contributed by atoms with Gasteiger partial charge in [0.2, 0.25) is 0 Å². The molecule has 2 aliphatic rings. The molecule has 32 heavy (non-hydrogen) atoms. The van der Waals surface area contributed by atoms with Crippen LogP contribution in [0.25, 0.3) is 0 Å². The molecule has 1 aromatic carbocycles. The van der Waals surface area contributed by atoms with Gasteiger partial charge in [-0.05, 0) is 44.7 Å². The first kappa shape index (κ1) is 28.9. The second-order valence-electron chi connectivity index (χ2n) is 8.57. The molecule has 2 fully saturated rings. The maximum absolute atomic E-state index is 14.6. The van der Waals surface area contributed by atoms with Gasteiger partial charge < -0.3 is 5.11 Å². The van der Waals surface area contributed by atoms with E-state index in [4.69, 9.17) is 17.7 Å². The van der Waals surface area contributed by atoms with Crippen LogP contribution in [0, 0.1) is 11.7 Å². The molecule has 1 aliphatic heterocycles. The SMILES string of the molecule is CC(C)N(CC=C1CN(C(C(=O)C2CC2)c2ccccc2F)CCC1S)CC(=O)O.Cl.Cl. The molecule has 0 spiro atoms.